The van der Waals surface area contributed by atoms with Crippen LogP contribution in [0.15, 0.2) is 77.7 Å². The van der Waals surface area contributed by atoms with E-state index < -0.39 is 27.8 Å². The summed E-state index contributed by atoms with van der Waals surface area (Å²) in [4.78, 5) is 26.6. The van der Waals surface area contributed by atoms with Gasteiger partial charge >= 0.3 is 6.18 Å². The first-order valence-corrected chi connectivity index (χ1v) is 13.5. The van der Waals surface area contributed by atoms with E-state index in [1.54, 1.807) is 36.4 Å². The molecule has 12 heteroatoms. The predicted octanol–water partition coefficient (Wildman–Crippen LogP) is 3.74. The molecule has 0 aliphatic carbocycles. The monoisotopic (exact) mass is 561 g/mol. The second-order valence-electron chi connectivity index (χ2n) is 9.11. The third kappa shape index (κ3) is 7.36. The van der Waals surface area contributed by atoms with Gasteiger partial charge in [-0.05, 0) is 59.5 Å². The van der Waals surface area contributed by atoms with Crippen LogP contribution in [0.2, 0.25) is 0 Å². The minimum absolute atomic E-state index is 0.0160. The fourth-order valence-electron chi connectivity index (χ4n) is 4.15. The van der Waals surface area contributed by atoms with Gasteiger partial charge in [0.2, 0.25) is 21.8 Å². The number of carbonyl (C=O) groups is 2. The number of amides is 2. The van der Waals surface area contributed by atoms with Gasteiger partial charge in [0.1, 0.15) is 18.4 Å². The van der Waals surface area contributed by atoms with Gasteiger partial charge in [0, 0.05) is 19.5 Å². The lowest BCUT2D eigenvalue weighted by Crippen LogP contribution is -2.44. The number of hydrogen-bond acceptors (Lipinski definition) is 5. The number of primary sulfonamides is 1. The summed E-state index contributed by atoms with van der Waals surface area (Å²) >= 11 is 0. The van der Waals surface area contributed by atoms with E-state index in [0.29, 0.717) is 17.7 Å². The lowest BCUT2D eigenvalue weighted by atomic mass is 10.1. The van der Waals surface area contributed by atoms with Crippen molar-refractivity contribution in [1.29, 1.82) is 0 Å². The van der Waals surface area contributed by atoms with Gasteiger partial charge in [0.15, 0.2) is 0 Å². The molecule has 2 amide bonds. The number of halogens is 3. The van der Waals surface area contributed by atoms with E-state index in [-0.39, 0.29) is 42.8 Å². The third-order valence-electron chi connectivity index (χ3n) is 6.31. The molecule has 39 heavy (non-hydrogen) atoms. The number of ether oxygens (including phenoxy) is 1. The van der Waals surface area contributed by atoms with Gasteiger partial charge in [-0.2, -0.15) is 13.2 Å². The van der Waals surface area contributed by atoms with Crippen molar-refractivity contribution in [1.82, 2.24) is 10.2 Å². The molecule has 1 heterocycles. The first-order valence-electron chi connectivity index (χ1n) is 12.0. The Kier molecular flexibility index (Phi) is 8.26. The molecule has 206 valence electrons. The molecule has 1 saturated heterocycles. The predicted molar refractivity (Wildman–Crippen MR) is 135 cm³/mol. The van der Waals surface area contributed by atoms with Crippen molar-refractivity contribution >= 4 is 21.8 Å². The van der Waals surface area contributed by atoms with Crippen LogP contribution in [-0.2, 0) is 45.5 Å². The van der Waals surface area contributed by atoms with Gasteiger partial charge in [-0.1, -0.05) is 36.4 Å². The molecule has 0 spiro atoms. The topological polar surface area (TPSA) is 119 Å². The van der Waals surface area contributed by atoms with Crippen LogP contribution < -0.4 is 15.2 Å². The molecule has 0 saturated carbocycles. The molecule has 8 nitrogen and oxygen atoms in total. The number of rotatable bonds is 9. The molecule has 4 rings (SSSR count). The number of likely N-dealkylation sites (tertiary alicyclic amines) is 1. The standard InChI is InChI=1S/C27H26F3N3O5S/c28-27(29,30)21-7-1-19(2-8-21)16-33-24(13-14-25(33)34)26(35)32-15-18-3-9-22(10-4-18)38-17-20-5-11-23(12-6-20)39(31,36)37/h1-12,24H,13-17H2,(H,32,35)(H2,31,36,37)/t24-/m0/s1. The molecule has 1 atom stereocenters. The summed E-state index contributed by atoms with van der Waals surface area (Å²) in [6.45, 7) is 0.476. The van der Waals surface area contributed by atoms with Crippen LogP contribution in [0, 0.1) is 0 Å². The first-order chi connectivity index (χ1) is 18.4. The second kappa shape index (κ2) is 11.5. The van der Waals surface area contributed by atoms with E-state index in [4.69, 9.17) is 9.88 Å². The Morgan fingerprint density at radius 1 is 0.949 bits per heavy atom. The molecular formula is C27H26F3N3O5S. The van der Waals surface area contributed by atoms with Gasteiger partial charge in [-0.3, -0.25) is 9.59 Å². The molecule has 0 radical (unpaired) electrons. The van der Waals surface area contributed by atoms with Crippen LogP contribution >= 0.6 is 0 Å². The van der Waals surface area contributed by atoms with Crippen molar-refractivity contribution in [3.05, 3.63) is 95.1 Å². The Morgan fingerprint density at radius 2 is 1.54 bits per heavy atom. The Labute approximate surface area is 223 Å². The summed E-state index contributed by atoms with van der Waals surface area (Å²) in [5.41, 5.74) is 1.29. The zero-order chi connectivity index (χ0) is 28.2. The van der Waals surface area contributed by atoms with Crippen molar-refractivity contribution in [2.45, 2.75) is 49.7 Å². The highest BCUT2D eigenvalue weighted by atomic mass is 32.2. The molecule has 3 aromatic rings. The quantitative estimate of drug-likeness (QED) is 0.413. The number of alkyl halides is 3. The summed E-state index contributed by atoms with van der Waals surface area (Å²) in [7, 11) is -3.76. The van der Waals surface area contributed by atoms with Gasteiger partial charge in [-0.25, -0.2) is 13.6 Å². The van der Waals surface area contributed by atoms with Crippen molar-refractivity contribution in [3.8, 4) is 5.75 Å². The molecule has 0 bridgehead atoms. The third-order valence-corrected chi connectivity index (χ3v) is 7.24. The van der Waals surface area contributed by atoms with E-state index in [1.807, 2.05) is 0 Å². The van der Waals surface area contributed by atoms with Crippen LogP contribution in [0.25, 0.3) is 0 Å². The van der Waals surface area contributed by atoms with Crippen LogP contribution in [0.4, 0.5) is 13.2 Å². The number of nitrogens with one attached hydrogen (secondary N) is 1. The summed E-state index contributed by atoms with van der Waals surface area (Å²) in [5, 5.41) is 7.91. The van der Waals surface area contributed by atoms with Crippen molar-refractivity contribution in [2.75, 3.05) is 0 Å². The normalized spacial score (nSPS) is 15.8. The number of nitrogens with zero attached hydrogens (tertiary/aromatic N) is 1. The van der Waals surface area contributed by atoms with Gasteiger partial charge in [0.25, 0.3) is 0 Å². The average Bonchev–Trinajstić information content (AvgIpc) is 3.26. The number of carbonyl (C=O) groups excluding carboxylic acids is 2. The minimum Gasteiger partial charge on any atom is -0.489 e. The SMILES string of the molecule is NS(=O)(=O)c1ccc(COc2ccc(CNC(=O)[C@@H]3CCC(=O)N3Cc3ccc(C(F)(F)F)cc3)cc2)cc1. The molecule has 0 aromatic heterocycles. The molecule has 1 aliphatic heterocycles. The Balaban J connectivity index is 1.28. The maximum atomic E-state index is 12.8. The second-order valence-corrected chi connectivity index (χ2v) is 10.7. The maximum absolute atomic E-state index is 12.8. The number of benzene rings is 3. The zero-order valence-corrected chi connectivity index (χ0v) is 21.5. The highest BCUT2D eigenvalue weighted by Gasteiger charge is 2.36. The fraction of sp³-hybridized carbons (Fsp3) is 0.259. The van der Waals surface area contributed by atoms with Crippen LogP contribution in [0.3, 0.4) is 0 Å². The average molecular weight is 562 g/mol. The molecule has 1 aliphatic rings. The summed E-state index contributed by atoms with van der Waals surface area (Å²) in [5.74, 6) is 0.0107. The van der Waals surface area contributed by atoms with E-state index in [1.165, 1.54) is 29.2 Å². The van der Waals surface area contributed by atoms with E-state index >= 15 is 0 Å². The molecular weight excluding hydrogens is 535 g/mol. The number of hydrogen-bond donors (Lipinski definition) is 2. The number of sulfonamides is 1. The van der Waals surface area contributed by atoms with Crippen molar-refractivity contribution < 1.29 is 35.9 Å². The summed E-state index contributed by atoms with van der Waals surface area (Å²) in [6.07, 6.45) is -3.93. The van der Waals surface area contributed by atoms with Crippen LogP contribution in [-0.4, -0.2) is 31.2 Å². The molecule has 1 fully saturated rings. The minimum atomic E-state index is -4.45. The van der Waals surface area contributed by atoms with E-state index in [0.717, 1.165) is 23.3 Å². The fourth-order valence-corrected chi connectivity index (χ4v) is 4.67. The van der Waals surface area contributed by atoms with Crippen LogP contribution in [0.1, 0.15) is 35.1 Å². The summed E-state index contributed by atoms with van der Waals surface area (Å²) in [6, 6.07) is 16.9. The first kappa shape index (κ1) is 28.1. The Morgan fingerprint density at radius 3 is 2.13 bits per heavy atom. The molecule has 3 N–H and O–H groups in total. The zero-order valence-electron chi connectivity index (χ0n) is 20.6. The van der Waals surface area contributed by atoms with Gasteiger partial charge < -0.3 is 15.0 Å². The highest BCUT2D eigenvalue weighted by Crippen LogP contribution is 2.30. The lowest BCUT2D eigenvalue weighted by molar-refractivity contribution is -0.137. The lowest BCUT2D eigenvalue weighted by Gasteiger charge is -2.24. The van der Waals surface area contributed by atoms with Crippen molar-refractivity contribution in [2.24, 2.45) is 5.14 Å². The van der Waals surface area contributed by atoms with E-state index in [9.17, 15) is 31.2 Å². The molecule has 0 unspecified atom stereocenters. The van der Waals surface area contributed by atoms with Gasteiger partial charge in [-0.15, -0.1) is 0 Å². The van der Waals surface area contributed by atoms with Crippen LogP contribution in [0.5, 0.6) is 5.75 Å². The smallest absolute Gasteiger partial charge is 0.416 e. The Bertz CT molecular complexity index is 1430. The number of nitrogens with two attached hydrogens (primary N) is 1. The maximum Gasteiger partial charge on any atom is 0.416 e. The summed E-state index contributed by atoms with van der Waals surface area (Å²) < 4.78 is 66.8. The van der Waals surface area contributed by atoms with Crippen molar-refractivity contribution in [3.63, 3.8) is 0 Å². The molecule has 3 aromatic carbocycles. The largest absolute Gasteiger partial charge is 0.489 e. The van der Waals surface area contributed by atoms with Gasteiger partial charge in [0.05, 0.1) is 10.5 Å². The van der Waals surface area contributed by atoms with E-state index in [2.05, 4.69) is 5.32 Å². The Hall–Kier alpha value is -3.90. The highest BCUT2D eigenvalue weighted by molar-refractivity contribution is 7.89.